The molecule has 0 saturated carbocycles. The van der Waals surface area contributed by atoms with E-state index in [4.69, 9.17) is 37.9 Å². The number of piperidine rings is 1. The summed E-state index contributed by atoms with van der Waals surface area (Å²) in [5, 5.41) is 4.90. The molecule has 0 radical (unpaired) electrons. The Hall–Kier alpha value is -3.77. The average Bonchev–Trinajstić information content (AvgIpc) is 3.37. The van der Waals surface area contributed by atoms with Gasteiger partial charge in [0.25, 0.3) is 11.8 Å². The first-order valence-electron chi connectivity index (χ1n) is 17.3. The number of anilines is 1. The number of imide groups is 2. The molecule has 0 spiro atoms. The second kappa shape index (κ2) is 25.2. The van der Waals surface area contributed by atoms with Crippen molar-refractivity contribution in [2.75, 3.05) is 104 Å². The molecule has 2 aliphatic rings. The first-order chi connectivity index (χ1) is 24.9. The van der Waals surface area contributed by atoms with Gasteiger partial charge in [0.1, 0.15) is 12.6 Å². The minimum absolute atomic E-state index is 0.0301. The standard InChI is InChI=1S/C35H51N3O13/c1-2-44-13-14-46-17-18-48-21-22-50-25-26-51-24-23-49-20-19-47-16-15-45-12-5-3-4-9-30(39)36-28-8-6-7-27-32(28)35(43)38(34(27)42)29-10-11-31(40)37-33(29)41/h2,6-8,29H,1,3-5,9-26H2,(H,36,39)(H,37,40,41). The summed E-state index contributed by atoms with van der Waals surface area (Å²) in [4.78, 5) is 63.4. The topological polar surface area (TPSA) is 186 Å². The van der Waals surface area contributed by atoms with Crippen molar-refractivity contribution in [3.63, 3.8) is 0 Å². The number of fused-ring (bicyclic) bond motifs is 1. The van der Waals surface area contributed by atoms with Crippen LogP contribution in [0.1, 0.15) is 59.2 Å². The number of unbranched alkanes of at least 4 members (excludes halogenated alkanes) is 2. The van der Waals surface area contributed by atoms with Crippen LogP contribution in [0.5, 0.6) is 0 Å². The Balaban J connectivity index is 1.09. The second-order valence-electron chi connectivity index (χ2n) is 11.4. The molecule has 1 fully saturated rings. The molecular weight excluding hydrogens is 670 g/mol. The van der Waals surface area contributed by atoms with Crippen LogP contribution in [-0.2, 0) is 52.3 Å². The zero-order chi connectivity index (χ0) is 36.5. The van der Waals surface area contributed by atoms with E-state index >= 15 is 0 Å². The summed E-state index contributed by atoms with van der Waals surface area (Å²) in [6, 6.07) is 3.53. The number of nitrogens with zero attached hydrogens (tertiary/aromatic N) is 1. The number of carbonyl (C=O) groups is 5. The van der Waals surface area contributed by atoms with Crippen LogP contribution in [-0.4, -0.2) is 140 Å². The molecule has 1 unspecified atom stereocenters. The fourth-order valence-corrected chi connectivity index (χ4v) is 5.11. The van der Waals surface area contributed by atoms with E-state index in [1.807, 2.05) is 0 Å². The van der Waals surface area contributed by atoms with Gasteiger partial charge in [0.05, 0.1) is 109 Å². The lowest BCUT2D eigenvalue weighted by Crippen LogP contribution is -2.54. The summed E-state index contributed by atoms with van der Waals surface area (Å²) >= 11 is 0. The van der Waals surface area contributed by atoms with Gasteiger partial charge >= 0.3 is 0 Å². The van der Waals surface area contributed by atoms with Crippen molar-refractivity contribution in [2.45, 2.75) is 44.6 Å². The van der Waals surface area contributed by atoms with Gasteiger partial charge in [-0.3, -0.25) is 34.2 Å². The molecule has 16 nitrogen and oxygen atoms in total. The zero-order valence-corrected chi connectivity index (χ0v) is 29.2. The molecule has 1 atom stereocenters. The van der Waals surface area contributed by atoms with Gasteiger partial charge in [0.2, 0.25) is 17.7 Å². The fourth-order valence-electron chi connectivity index (χ4n) is 5.11. The van der Waals surface area contributed by atoms with Gasteiger partial charge in [-0.05, 0) is 31.4 Å². The highest BCUT2D eigenvalue weighted by molar-refractivity contribution is 6.26. The maximum Gasteiger partial charge on any atom is 0.264 e. The largest absolute Gasteiger partial charge is 0.499 e. The Morgan fingerprint density at radius 3 is 1.78 bits per heavy atom. The molecular formula is C35H51N3O13. The predicted molar refractivity (Wildman–Crippen MR) is 182 cm³/mol. The Bertz CT molecular complexity index is 1260. The third-order valence-corrected chi connectivity index (χ3v) is 7.63. The average molecular weight is 722 g/mol. The van der Waals surface area contributed by atoms with Gasteiger partial charge in [-0.2, -0.15) is 0 Å². The van der Waals surface area contributed by atoms with Crippen molar-refractivity contribution in [2.24, 2.45) is 0 Å². The quantitative estimate of drug-likeness (QED) is 0.0667. The first-order valence-corrected chi connectivity index (χ1v) is 17.3. The van der Waals surface area contributed by atoms with E-state index in [2.05, 4.69) is 17.2 Å². The van der Waals surface area contributed by atoms with Crippen LogP contribution in [0.4, 0.5) is 5.69 Å². The van der Waals surface area contributed by atoms with E-state index in [-0.39, 0.29) is 42.0 Å². The van der Waals surface area contributed by atoms with Crippen molar-refractivity contribution in [3.05, 3.63) is 42.2 Å². The monoisotopic (exact) mass is 721 g/mol. The summed E-state index contributed by atoms with van der Waals surface area (Å²) in [5.74, 6) is -2.71. The van der Waals surface area contributed by atoms with Crippen molar-refractivity contribution in [3.8, 4) is 0 Å². The van der Waals surface area contributed by atoms with Crippen LogP contribution in [0, 0.1) is 0 Å². The van der Waals surface area contributed by atoms with Gasteiger partial charge in [0.15, 0.2) is 0 Å². The van der Waals surface area contributed by atoms with Gasteiger partial charge < -0.3 is 43.2 Å². The van der Waals surface area contributed by atoms with Crippen molar-refractivity contribution in [1.29, 1.82) is 0 Å². The smallest absolute Gasteiger partial charge is 0.264 e. The molecule has 0 aliphatic carbocycles. The van der Waals surface area contributed by atoms with Gasteiger partial charge in [0, 0.05) is 19.4 Å². The molecule has 2 aliphatic heterocycles. The number of hydrogen-bond donors (Lipinski definition) is 2. The lowest BCUT2D eigenvalue weighted by atomic mass is 10.0. The van der Waals surface area contributed by atoms with Crippen LogP contribution in [0.2, 0.25) is 0 Å². The van der Waals surface area contributed by atoms with E-state index in [1.54, 1.807) is 12.1 Å². The van der Waals surface area contributed by atoms with E-state index < -0.39 is 29.7 Å². The number of nitrogens with one attached hydrogen (secondary N) is 2. The minimum Gasteiger partial charge on any atom is -0.499 e. The van der Waals surface area contributed by atoms with Crippen LogP contribution < -0.4 is 10.6 Å². The molecule has 16 heteroatoms. The summed E-state index contributed by atoms with van der Waals surface area (Å²) in [5.41, 5.74) is 0.386. The number of amides is 5. The Morgan fingerprint density at radius 2 is 1.25 bits per heavy atom. The molecule has 284 valence electrons. The van der Waals surface area contributed by atoms with Crippen LogP contribution >= 0.6 is 0 Å². The number of hydrogen-bond acceptors (Lipinski definition) is 13. The Labute approximate surface area is 298 Å². The number of ether oxygens (including phenoxy) is 8. The molecule has 0 aromatic heterocycles. The SMILES string of the molecule is C=COCCOCCOCCOCCOCCOCCOCCOCCCCCC(=O)Nc1cccc2c1C(=O)N(C1CCC(=O)NC1=O)C2=O. The number of benzene rings is 1. The summed E-state index contributed by atoms with van der Waals surface area (Å²) in [6.07, 6.45) is 3.85. The highest BCUT2D eigenvalue weighted by atomic mass is 16.6. The van der Waals surface area contributed by atoms with E-state index in [9.17, 15) is 24.0 Å². The predicted octanol–water partition coefficient (Wildman–Crippen LogP) is 1.86. The lowest BCUT2D eigenvalue weighted by molar-refractivity contribution is -0.136. The highest BCUT2D eigenvalue weighted by Crippen LogP contribution is 2.32. The Morgan fingerprint density at radius 1 is 0.725 bits per heavy atom. The minimum atomic E-state index is -1.07. The molecule has 1 saturated heterocycles. The second-order valence-corrected chi connectivity index (χ2v) is 11.4. The first kappa shape index (κ1) is 41.6. The van der Waals surface area contributed by atoms with Gasteiger partial charge in [-0.15, -0.1) is 0 Å². The summed E-state index contributed by atoms with van der Waals surface area (Å²) in [7, 11) is 0. The van der Waals surface area contributed by atoms with Crippen LogP contribution in [0.25, 0.3) is 0 Å². The Kier molecular flexibility index (Phi) is 20.6. The van der Waals surface area contributed by atoms with Crippen LogP contribution in [0.15, 0.2) is 31.0 Å². The molecule has 2 N–H and O–H groups in total. The molecule has 5 amide bonds. The van der Waals surface area contributed by atoms with Crippen molar-refractivity contribution >= 4 is 35.2 Å². The fraction of sp³-hybridized carbons (Fsp3) is 0.629. The molecule has 2 heterocycles. The summed E-state index contributed by atoms with van der Waals surface area (Å²) in [6.45, 7) is 10.7. The third-order valence-electron chi connectivity index (χ3n) is 7.63. The highest BCUT2D eigenvalue weighted by Gasteiger charge is 2.45. The normalized spacial score (nSPS) is 15.6. The van der Waals surface area contributed by atoms with Crippen molar-refractivity contribution in [1.82, 2.24) is 10.2 Å². The van der Waals surface area contributed by atoms with E-state index in [1.165, 1.54) is 12.3 Å². The zero-order valence-electron chi connectivity index (χ0n) is 29.2. The number of carbonyl (C=O) groups excluding carboxylic acids is 5. The van der Waals surface area contributed by atoms with Crippen molar-refractivity contribution < 1.29 is 61.9 Å². The van der Waals surface area contributed by atoms with E-state index in [0.29, 0.717) is 106 Å². The molecule has 51 heavy (non-hydrogen) atoms. The molecule has 3 rings (SSSR count). The maximum atomic E-state index is 13.2. The maximum absolute atomic E-state index is 13.2. The third kappa shape index (κ3) is 15.6. The number of rotatable bonds is 30. The lowest BCUT2D eigenvalue weighted by Gasteiger charge is -2.27. The summed E-state index contributed by atoms with van der Waals surface area (Å²) < 4.78 is 43.1. The molecule has 0 bridgehead atoms. The van der Waals surface area contributed by atoms with Gasteiger partial charge in [-0.1, -0.05) is 19.1 Å². The van der Waals surface area contributed by atoms with Crippen LogP contribution in [0.3, 0.4) is 0 Å². The molecule has 1 aromatic rings. The molecule has 1 aromatic carbocycles. The van der Waals surface area contributed by atoms with Gasteiger partial charge in [-0.25, -0.2) is 0 Å². The van der Waals surface area contributed by atoms with E-state index in [0.717, 1.165) is 17.7 Å².